The molecule has 130 valence electrons. The van der Waals surface area contributed by atoms with E-state index < -0.39 is 0 Å². The number of aliphatic imine (C=N–C) groups is 1. The molecule has 2 rings (SSSR count). The summed E-state index contributed by atoms with van der Waals surface area (Å²) in [5, 5.41) is 2.92. The highest BCUT2D eigenvalue weighted by Gasteiger charge is 2.28. The van der Waals surface area contributed by atoms with Crippen molar-refractivity contribution >= 4 is 12.1 Å². The number of allylic oxidation sites excluding steroid dienone is 1. The summed E-state index contributed by atoms with van der Waals surface area (Å²) in [5.74, 6) is 1.63. The average Bonchev–Trinajstić information content (AvgIpc) is 2.64. The lowest BCUT2D eigenvalue weighted by molar-refractivity contribution is -0.120. The van der Waals surface area contributed by atoms with Gasteiger partial charge in [-0.25, -0.2) is 0 Å². The van der Waals surface area contributed by atoms with Gasteiger partial charge in [0, 0.05) is 12.5 Å². The topological polar surface area (TPSA) is 50.7 Å². The maximum atomic E-state index is 12.4. The summed E-state index contributed by atoms with van der Waals surface area (Å²) in [6.07, 6.45) is 6.51. The number of carbonyl (C=O) groups excluding carboxylic acids is 1. The van der Waals surface area contributed by atoms with Crippen LogP contribution < -0.4 is 10.1 Å². The number of methoxy groups -OCH3 is 1. The van der Waals surface area contributed by atoms with E-state index >= 15 is 0 Å². The molecule has 1 saturated carbocycles. The minimum atomic E-state index is 0.0825. The summed E-state index contributed by atoms with van der Waals surface area (Å²) in [6.45, 7) is 6.69. The Bertz CT molecular complexity index is 570. The number of benzene rings is 1. The third-order valence-electron chi connectivity index (χ3n) is 4.67. The minimum absolute atomic E-state index is 0.0825. The number of carbonyl (C=O) groups is 1. The molecular weight excluding hydrogens is 300 g/mol. The van der Waals surface area contributed by atoms with Gasteiger partial charge in [-0.2, -0.15) is 0 Å². The first kappa shape index (κ1) is 18.2. The Morgan fingerprint density at radius 2 is 1.96 bits per heavy atom. The molecule has 24 heavy (non-hydrogen) atoms. The molecule has 1 fully saturated rings. The van der Waals surface area contributed by atoms with Crippen molar-refractivity contribution in [3.8, 4) is 5.75 Å². The van der Waals surface area contributed by atoms with Gasteiger partial charge in [0.2, 0.25) is 0 Å². The van der Waals surface area contributed by atoms with E-state index in [9.17, 15) is 4.79 Å². The molecule has 0 aromatic heterocycles. The molecular formula is C20H28N2O2. The SMILES string of the molecule is C=C(N/C=N\CCC)C(=O)C1CCC(c2ccc(OC)cc2)CC1. The van der Waals surface area contributed by atoms with Crippen molar-refractivity contribution in [2.24, 2.45) is 10.9 Å². The lowest BCUT2D eigenvalue weighted by Crippen LogP contribution is -2.27. The number of ketones is 1. The normalized spacial score (nSPS) is 20.8. The molecule has 4 nitrogen and oxygen atoms in total. The zero-order chi connectivity index (χ0) is 17.4. The quantitative estimate of drug-likeness (QED) is 0.444. The zero-order valence-electron chi connectivity index (χ0n) is 14.8. The summed E-state index contributed by atoms with van der Waals surface area (Å²) in [5.41, 5.74) is 1.80. The maximum Gasteiger partial charge on any atom is 0.181 e. The van der Waals surface area contributed by atoms with Crippen molar-refractivity contribution in [1.29, 1.82) is 0 Å². The first-order chi connectivity index (χ1) is 11.7. The summed E-state index contributed by atoms with van der Waals surface area (Å²) >= 11 is 0. The molecule has 0 amide bonds. The van der Waals surface area contributed by atoms with Crippen LogP contribution in [-0.2, 0) is 4.79 Å². The second-order valence-electron chi connectivity index (χ2n) is 6.34. The molecule has 4 heteroatoms. The molecule has 0 bridgehead atoms. The van der Waals surface area contributed by atoms with Gasteiger partial charge in [0.15, 0.2) is 5.78 Å². The highest BCUT2D eigenvalue weighted by molar-refractivity contribution is 5.98. The molecule has 0 saturated heterocycles. The Hall–Kier alpha value is -2.10. The smallest absolute Gasteiger partial charge is 0.181 e. The second kappa shape index (κ2) is 9.26. The fourth-order valence-corrected chi connectivity index (χ4v) is 3.20. The minimum Gasteiger partial charge on any atom is -0.497 e. The van der Waals surface area contributed by atoms with Crippen molar-refractivity contribution in [2.75, 3.05) is 13.7 Å². The number of nitrogens with zero attached hydrogens (tertiary/aromatic N) is 1. The van der Waals surface area contributed by atoms with Gasteiger partial charge in [-0.1, -0.05) is 25.6 Å². The van der Waals surface area contributed by atoms with Gasteiger partial charge in [0.1, 0.15) is 5.75 Å². The first-order valence-electron chi connectivity index (χ1n) is 8.77. The highest BCUT2D eigenvalue weighted by Crippen LogP contribution is 2.37. The fraction of sp³-hybridized carbons (Fsp3) is 0.500. The van der Waals surface area contributed by atoms with Gasteiger partial charge >= 0.3 is 0 Å². The van der Waals surface area contributed by atoms with Gasteiger partial charge in [-0.15, -0.1) is 0 Å². The van der Waals surface area contributed by atoms with E-state index in [1.165, 1.54) is 5.56 Å². The third kappa shape index (κ3) is 4.95. The van der Waals surface area contributed by atoms with Crippen LogP contribution in [0.4, 0.5) is 0 Å². The predicted octanol–water partition coefficient (Wildman–Crippen LogP) is 4.08. The Morgan fingerprint density at radius 1 is 1.29 bits per heavy atom. The Kier molecular flexibility index (Phi) is 7.04. The Balaban J connectivity index is 1.82. The number of rotatable bonds is 8. The van der Waals surface area contributed by atoms with E-state index in [1.807, 2.05) is 12.1 Å². The highest BCUT2D eigenvalue weighted by atomic mass is 16.5. The fourth-order valence-electron chi connectivity index (χ4n) is 3.20. The maximum absolute atomic E-state index is 12.4. The summed E-state index contributed by atoms with van der Waals surface area (Å²) in [7, 11) is 1.68. The molecule has 0 heterocycles. The average molecular weight is 328 g/mol. The van der Waals surface area contributed by atoms with E-state index in [0.29, 0.717) is 11.6 Å². The van der Waals surface area contributed by atoms with Gasteiger partial charge < -0.3 is 10.1 Å². The molecule has 1 aliphatic carbocycles. The van der Waals surface area contributed by atoms with Crippen molar-refractivity contribution in [3.05, 3.63) is 42.1 Å². The molecule has 1 aliphatic rings. The van der Waals surface area contributed by atoms with Gasteiger partial charge in [-0.05, 0) is 55.7 Å². The standard InChI is InChI=1S/C20H28N2O2/c1-4-13-21-14-22-15(2)20(23)18-7-5-16(6-8-18)17-9-11-19(24-3)12-10-17/h9-12,14,16,18H,2,4-8,13H2,1,3H3,(H,21,22). The summed E-state index contributed by atoms with van der Waals surface area (Å²) in [4.78, 5) is 16.6. The largest absolute Gasteiger partial charge is 0.497 e. The molecule has 1 N–H and O–H groups in total. The van der Waals surface area contributed by atoms with Crippen LogP contribution in [0.5, 0.6) is 5.75 Å². The van der Waals surface area contributed by atoms with Crippen LogP contribution in [0.3, 0.4) is 0 Å². The van der Waals surface area contributed by atoms with E-state index in [0.717, 1.165) is 44.4 Å². The van der Waals surface area contributed by atoms with Gasteiger partial charge in [-0.3, -0.25) is 9.79 Å². The van der Waals surface area contributed by atoms with Crippen molar-refractivity contribution in [2.45, 2.75) is 44.9 Å². The zero-order valence-corrected chi connectivity index (χ0v) is 14.8. The molecule has 1 aromatic rings. The molecule has 1 aromatic carbocycles. The molecule has 0 spiro atoms. The summed E-state index contributed by atoms with van der Waals surface area (Å²) in [6, 6.07) is 8.29. The van der Waals surface area contributed by atoms with Crippen LogP contribution in [0.2, 0.25) is 0 Å². The van der Waals surface area contributed by atoms with Crippen LogP contribution in [0.15, 0.2) is 41.5 Å². The Morgan fingerprint density at radius 3 is 2.54 bits per heavy atom. The lowest BCUT2D eigenvalue weighted by atomic mass is 9.77. The Labute approximate surface area is 145 Å². The number of ether oxygens (including phenoxy) is 1. The first-order valence-corrected chi connectivity index (χ1v) is 8.77. The van der Waals surface area contributed by atoms with E-state index in [2.05, 4.69) is 35.9 Å². The number of hydrogen-bond acceptors (Lipinski definition) is 3. The number of Topliss-reactive ketones (excluding diaryl/α,β-unsaturated/α-hetero) is 1. The predicted molar refractivity (Wildman–Crippen MR) is 98.6 cm³/mol. The third-order valence-corrected chi connectivity index (χ3v) is 4.67. The monoisotopic (exact) mass is 328 g/mol. The lowest BCUT2D eigenvalue weighted by Gasteiger charge is -2.28. The van der Waals surface area contributed by atoms with Crippen LogP contribution in [0.1, 0.15) is 50.5 Å². The van der Waals surface area contributed by atoms with E-state index in [1.54, 1.807) is 13.4 Å². The number of nitrogens with one attached hydrogen (secondary N) is 1. The van der Waals surface area contributed by atoms with Crippen molar-refractivity contribution in [3.63, 3.8) is 0 Å². The molecule has 0 aliphatic heterocycles. The number of hydrogen-bond donors (Lipinski definition) is 1. The van der Waals surface area contributed by atoms with E-state index in [-0.39, 0.29) is 11.7 Å². The van der Waals surface area contributed by atoms with Crippen molar-refractivity contribution < 1.29 is 9.53 Å². The van der Waals surface area contributed by atoms with Gasteiger partial charge in [0.25, 0.3) is 0 Å². The second-order valence-corrected chi connectivity index (χ2v) is 6.34. The van der Waals surface area contributed by atoms with Crippen molar-refractivity contribution in [1.82, 2.24) is 5.32 Å². The summed E-state index contributed by atoms with van der Waals surface area (Å²) < 4.78 is 5.21. The van der Waals surface area contributed by atoms with Crippen LogP contribution >= 0.6 is 0 Å². The molecule has 0 unspecified atom stereocenters. The van der Waals surface area contributed by atoms with Crippen LogP contribution in [0, 0.1) is 5.92 Å². The molecule has 0 atom stereocenters. The molecule has 0 radical (unpaired) electrons. The van der Waals surface area contributed by atoms with Crippen LogP contribution in [0.25, 0.3) is 0 Å². The van der Waals surface area contributed by atoms with E-state index in [4.69, 9.17) is 4.74 Å². The van der Waals surface area contributed by atoms with Crippen LogP contribution in [-0.4, -0.2) is 25.8 Å². The van der Waals surface area contributed by atoms with Gasteiger partial charge in [0.05, 0.1) is 19.1 Å².